The molecule has 1 aliphatic carbocycles. The standard InChI is InChI=1S/C25H24F3N5O3S2/c1-38(35,36)31-13-11-30(12-14-31)18-5-7-19(8-6-18)33-23(37)32(22(34)24(33)9-2-10-24)20-4-3-17(16-29)21(15-20)25(26,27)28/h3-8,15H,2,9-14H2,1H3. The number of thiocarbonyl (C=S) groups is 1. The fourth-order valence-electron chi connectivity index (χ4n) is 5.30. The van der Waals surface area contributed by atoms with E-state index in [1.165, 1.54) is 16.6 Å². The molecule has 0 unspecified atom stereocenters. The van der Waals surface area contributed by atoms with Crippen LogP contribution < -0.4 is 14.7 Å². The van der Waals surface area contributed by atoms with Gasteiger partial charge in [0.05, 0.1) is 29.1 Å². The van der Waals surface area contributed by atoms with Crippen LogP contribution in [-0.4, -0.2) is 61.7 Å². The molecule has 0 N–H and O–H groups in total. The van der Waals surface area contributed by atoms with Crippen molar-refractivity contribution in [2.75, 3.05) is 47.1 Å². The molecule has 8 nitrogen and oxygen atoms in total. The minimum atomic E-state index is -4.76. The predicted octanol–water partition coefficient (Wildman–Crippen LogP) is 3.72. The van der Waals surface area contributed by atoms with Gasteiger partial charge in [-0.05, 0) is 73.9 Å². The highest BCUT2D eigenvalue weighted by Gasteiger charge is 2.59. The summed E-state index contributed by atoms with van der Waals surface area (Å²) in [7, 11) is -3.24. The maximum atomic E-state index is 13.6. The summed E-state index contributed by atoms with van der Waals surface area (Å²) >= 11 is 5.67. The SMILES string of the molecule is CS(=O)(=O)N1CCN(c2ccc(N3C(=S)N(c4ccc(C#N)c(C(F)(F)F)c4)C(=O)C34CCC4)cc2)CC1. The van der Waals surface area contributed by atoms with Crippen LogP contribution in [0.4, 0.5) is 30.2 Å². The average molecular weight is 564 g/mol. The van der Waals surface area contributed by atoms with Crippen LogP contribution in [-0.2, 0) is 21.0 Å². The molecule has 2 aromatic rings. The van der Waals surface area contributed by atoms with Crippen LogP contribution in [0.15, 0.2) is 42.5 Å². The average Bonchev–Trinajstić information content (AvgIpc) is 3.09. The van der Waals surface area contributed by atoms with Crippen molar-refractivity contribution in [2.45, 2.75) is 31.0 Å². The monoisotopic (exact) mass is 563 g/mol. The predicted molar refractivity (Wildman–Crippen MR) is 140 cm³/mol. The molecule has 200 valence electrons. The number of benzene rings is 2. The maximum Gasteiger partial charge on any atom is 0.417 e. The first-order valence-corrected chi connectivity index (χ1v) is 14.2. The van der Waals surface area contributed by atoms with Gasteiger partial charge in [0.15, 0.2) is 5.11 Å². The molecule has 2 aliphatic heterocycles. The number of carbonyl (C=O) groups is 1. The fourth-order valence-corrected chi connectivity index (χ4v) is 6.60. The summed E-state index contributed by atoms with van der Waals surface area (Å²) in [6.07, 6.45) is -1.76. The first kappa shape index (κ1) is 26.4. The highest BCUT2D eigenvalue weighted by molar-refractivity contribution is 7.88. The van der Waals surface area contributed by atoms with E-state index in [-0.39, 0.29) is 16.7 Å². The Morgan fingerprint density at radius 3 is 2.05 bits per heavy atom. The molecule has 0 bridgehead atoms. The van der Waals surface area contributed by atoms with E-state index in [0.29, 0.717) is 44.7 Å². The van der Waals surface area contributed by atoms with Gasteiger partial charge in [0.1, 0.15) is 5.54 Å². The van der Waals surface area contributed by atoms with Crippen LogP contribution in [0.2, 0.25) is 0 Å². The number of rotatable bonds is 4. The quantitative estimate of drug-likeness (QED) is 0.524. The van der Waals surface area contributed by atoms with Crippen LogP contribution in [0.25, 0.3) is 0 Å². The Morgan fingerprint density at radius 2 is 1.55 bits per heavy atom. The maximum absolute atomic E-state index is 13.6. The van der Waals surface area contributed by atoms with Gasteiger partial charge < -0.3 is 9.80 Å². The molecule has 13 heteroatoms. The Hall–Kier alpha value is -3.21. The molecular weight excluding hydrogens is 539 g/mol. The van der Waals surface area contributed by atoms with Gasteiger partial charge in [0.2, 0.25) is 10.0 Å². The van der Waals surface area contributed by atoms with E-state index in [9.17, 15) is 26.4 Å². The third-order valence-corrected chi connectivity index (χ3v) is 9.13. The van der Waals surface area contributed by atoms with Gasteiger partial charge in [-0.3, -0.25) is 9.69 Å². The molecule has 38 heavy (non-hydrogen) atoms. The number of piperazine rings is 1. The molecular formula is C25H24F3N5O3S2. The van der Waals surface area contributed by atoms with Crippen LogP contribution in [0, 0.1) is 11.3 Å². The number of amides is 1. The Kier molecular flexibility index (Phi) is 6.40. The van der Waals surface area contributed by atoms with Crippen molar-refractivity contribution in [2.24, 2.45) is 0 Å². The number of halogens is 3. The topological polar surface area (TPSA) is 88.0 Å². The van der Waals surface area contributed by atoms with Gasteiger partial charge in [-0.25, -0.2) is 8.42 Å². The van der Waals surface area contributed by atoms with E-state index in [2.05, 4.69) is 4.90 Å². The number of nitriles is 1. The van der Waals surface area contributed by atoms with Gasteiger partial charge in [0, 0.05) is 37.6 Å². The Labute approximate surface area is 223 Å². The largest absolute Gasteiger partial charge is 0.417 e. The van der Waals surface area contributed by atoms with Crippen molar-refractivity contribution in [3.63, 3.8) is 0 Å². The van der Waals surface area contributed by atoms with Gasteiger partial charge in [-0.15, -0.1) is 0 Å². The van der Waals surface area contributed by atoms with Gasteiger partial charge in [-0.1, -0.05) is 0 Å². The minimum absolute atomic E-state index is 0.0273. The fraction of sp³-hybridized carbons (Fsp3) is 0.400. The lowest BCUT2D eigenvalue weighted by Crippen LogP contribution is -2.55. The number of carbonyl (C=O) groups excluding carboxylic acids is 1. The molecule has 1 amide bonds. The van der Waals surface area contributed by atoms with Gasteiger partial charge >= 0.3 is 6.18 Å². The van der Waals surface area contributed by atoms with E-state index >= 15 is 0 Å². The van der Waals surface area contributed by atoms with Crippen LogP contribution in [0.5, 0.6) is 0 Å². The summed E-state index contributed by atoms with van der Waals surface area (Å²) in [6.45, 7) is 1.83. The van der Waals surface area contributed by atoms with E-state index in [1.807, 2.05) is 24.3 Å². The zero-order valence-electron chi connectivity index (χ0n) is 20.4. The molecule has 0 aromatic heterocycles. The van der Waals surface area contributed by atoms with Crippen LogP contribution in [0.1, 0.15) is 30.4 Å². The number of nitrogens with zero attached hydrogens (tertiary/aromatic N) is 5. The molecule has 2 aromatic carbocycles. The first-order chi connectivity index (χ1) is 17.9. The summed E-state index contributed by atoms with van der Waals surface area (Å²) in [6, 6.07) is 12.1. The summed E-state index contributed by atoms with van der Waals surface area (Å²) in [5.74, 6) is -0.382. The van der Waals surface area contributed by atoms with Crippen molar-refractivity contribution < 1.29 is 26.4 Å². The summed E-state index contributed by atoms with van der Waals surface area (Å²) in [5, 5.41) is 9.22. The number of anilines is 3. The summed E-state index contributed by atoms with van der Waals surface area (Å²) in [4.78, 5) is 18.6. The lowest BCUT2D eigenvalue weighted by molar-refractivity contribution is -0.137. The molecule has 1 spiro atoms. The number of hydrogen-bond donors (Lipinski definition) is 0. The highest BCUT2D eigenvalue weighted by Crippen LogP contribution is 2.48. The van der Waals surface area contributed by atoms with Gasteiger partial charge in [-0.2, -0.15) is 22.7 Å². The van der Waals surface area contributed by atoms with E-state index < -0.39 is 32.9 Å². The van der Waals surface area contributed by atoms with E-state index in [0.717, 1.165) is 29.1 Å². The Bertz CT molecular complexity index is 1440. The number of hydrogen-bond acceptors (Lipinski definition) is 6. The summed E-state index contributed by atoms with van der Waals surface area (Å²) in [5.41, 5.74) is -1.10. The molecule has 5 rings (SSSR count). The second kappa shape index (κ2) is 9.21. The van der Waals surface area contributed by atoms with Crippen molar-refractivity contribution >= 4 is 50.3 Å². The molecule has 2 saturated heterocycles. The smallest absolute Gasteiger partial charge is 0.369 e. The molecule has 0 atom stereocenters. The molecule has 0 radical (unpaired) electrons. The van der Waals surface area contributed by atoms with E-state index in [4.69, 9.17) is 17.5 Å². The van der Waals surface area contributed by atoms with Crippen molar-refractivity contribution in [1.29, 1.82) is 5.26 Å². The normalized spacial score (nSPS) is 20.1. The molecule has 1 saturated carbocycles. The second-order valence-electron chi connectivity index (χ2n) is 9.65. The van der Waals surface area contributed by atoms with Crippen LogP contribution in [0.3, 0.4) is 0 Å². The lowest BCUT2D eigenvalue weighted by atomic mass is 9.75. The third-order valence-electron chi connectivity index (χ3n) is 7.46. The van der Waals surface area contributed by atoms with E-state index in [1.54, 1.807) is 11.0 Å². The molecule has 2 heterocycles. The van der Waals surface area contributed by atoms with Crippen molar-refractivity contribution in [3.8, 4) is 6.07 Å². The van der Waals surface area contributed by atoms with Crippen molar-refractivity contribution in [3.05, 3.63) is 53.6 Å². The lowest BCUT2D eigenvalue weighted by Gasteiger charge is -2.43. The second-order valence-corrected chi connectivity index (χ2v) is 12.0. The first-order valence-electron chi connectivity index (χ1n) is 12.0. The highest BCUT2D eigenvalue weighted by atomic mass is 32.2. The zero-order valence-corrected chi connectivity index (χ0v) is 22.0. The van der Waals surface area contributed by atoms with Crippen LogP contribution >= 0.6 is 12.2 Å². The number of alkyl halides is 3. The minimum Gasteiger partial charge on any atom is -0.369 e. The molecule has 3 fully saturated rings. The van der Waals surface area contributed by atoms with Gasteiger partial charge in [0.25, 0.3) is 5.91 Å². The third kappa shape index (κ3) is 4.30. The Morgan fingerprint density at radius 1 is 0.974 bits per heavy atom. The van der Waals surface area contributed by atoms with Crippen molar-refractivity contribution in [1.82, 2.24) is 4.31 Å². The number of sulfonamides is 1. The Balaban J connectivity index is 1.43. The zero-order chi connectivity index (χ0) is 27.5. The summed E-state index contributed by atoms with van der Waals surface area (Å²) < 4.78 is 65.8. The molecule has 3 aliphatic rings.